The molecule has 6 nitrogen and oxygen atoms in total. The van der Waals surface area contributed by atoms with E-state index in [2.05, 4.69) is 47.7 Å². The predicted molar refractivity (Wildman–Crippen MR) is 150 cm³/mol. The summed E-state index contributed by atoms with van der Waals surface area (Å²) in [5.74, 6) is 1.64. The van der Waals surface area contributed by atoms with Gasteiger partial charge in [-0.15, -0.1) is 0 Å². The molecule has 0 bridgehead atoms. The minimum Gasteiger partial charge on any atom is -0.372 e. The van der Waals surface area contributed by atoms with E-state index in [0.29, 0.717) is 13.0 Å². The van der Waals surface area contributed by atoms with Crippen LogP contribution < -0.4 is 10.2 Å². The monoisotopic (exact) mass is 507 g/mol. The molecule has 4 heterocycles. The van der Waals surface area contributed by atoms with Gasteiger partial charge in [0.1, 0.15) is 13.0 Å². The van der Waals surface area contributed by atoms with Gasteiger partial charge in [0, 0.05) is 43.1 Å². The van der Waals surface area contributed by atoms with E-state index in [-0.39, 0.29) is 11.8 Å². The molecule has 8 heteroatoms. The fourth-order valence-corrected chi connectivity index (χ4v) is 7.28. The van der Waals surface area contributed by atoms with E-state index in [1.54, 1.807) is 4.90 Å². The highest BCUT2D eigenvalue weighted by Gasteiger charge is 2.38. The lowest BCUT2D eigenvalue weighted by Gasteiger charge is -2.37. The van der Waals surface area contributed by atoms with Crippen LogP contribution in [0.15, 0.2) is 30.5 Å². The fourth-order valence-electron chi connectivity index (χ4n) is 6.55. The summed E-state index contributed by atoms with van der Waals surface area (Å²) in [6, 6.07) is 5.89. The largest absolute Gasteiger partial charge is 0.372 e. The summed E-state index contributed by atoms with van der Waals surface area (Å²) in [5, 5.41) is 2.82. The van der Waals surface area contributed by atoms with Gasteiger partial charge >= 0.3 is 0 Å². The van der Waals surface area contributed by atoms with Crippen molar-refractivity contribution in [2.75, 3.05) is 43.8 Å². The van der Waals surface area contributed by atoms with Crippen LogP contribution in [-0.2, 0) is 11.3 Å². The molecule has 0 aromatic heterocycles. The average molecular weight is 507 g/mol. The van der Waals surface area contributed by atoms with Crippen molar-refractivity contribution in [3.63, 3.8) is 0 Å². The Labute approximate surface area is 219 Å². The van der Waals surface area contributed by atoms with E-state index < -0.39 is 6.04 Å². The van der Waals surface area contributed by atoms with E-state index in [9.17, 15) is 9.59 Å². The summed E-state index contributed by atoms with van der Waals surface area (Å²) in [7, 11) is 1.01. The Balaban J connectivity index is 1.10. The number of anilines is 1. The van der Waals surface area contributed by atoms with Crippen LogP contribution in [0.3, 0.4) is 0 Å². The zero-order valence-electron chi connectivity index (χ0n) is 21.8. The lowest BCUT2D eigenvalue weighted by molar-refractivity contribution is -0.126. The third-order valence-corrected chi connectivity index (χ3v) is 9.67. The van der Waals surface area contributed by atoms with E-state index in [0.717, 1.165) is 56.6 Å². The first-order valence-corrected chi connectivity index (χ1v) is 15.2. The van der Waals surface area contributed by atoms with Gasteiger partial charge in [0.25, 0.3) is 5.91 Å². The fraction of sp³-hybridized carbons (Fsp3) is 0.643. The van der Waals surface area contributed by atoms with Crippen molar-refractivity contribution in [1.82, 2.24) is 15.1 Å². The molecule has 4 aliphatic rings. The Morgan fingerprint density at radius 2 is 1.78 bits per heavy atom. The second-order valence-electron chi connectivity index (χ2n) is 11.1. The van der Waals surface area contributed by atoms with Crippen LogP contribution in [0, 0.1) is 11.8 Å². The quantitative estimate of drug-likeness (QED) is 0.327. The lowest BCUT2D eigenvalue weighted by Crippen LogP contribution is -2.49. The molecule has 2 atom stereocenters. The number of nitrogens with zero attached hydrogens (tertiary/aromatic N) is 3. The average Bonchev–Trinajstić information content (AvgIpc) is 3.21. The number of rotatable bonds is 8. The van der Waals surface area contributed by atoms with Crippen LogP contribution in [0.25, 0.3) is 0 Å². The van der Waals surface area contributed by atoms with E-state index in [1.807, 2.05) is 6.07 Å². The number of likely N-dealkylation sites (tertiary alicyclic amines) is 1. The number of piperidine rings is 3. The summed E-state index contributed by atoms with van der Waals surface area (Å²) >= 11 is 0. The SMILES string of the molecule is C=C1CC[C@H](N2Cc3cc(N4CCC(CC5CCN(CCP[B]C)CC5)CC4)ccc3C2=O)C(=O)N1. The molecule has 0 spiro atoms. The first-order valence-electron chi connectivity index (χ1n) is 13.9. The number of allylic oxidation sites excluding steroid dienone is 1. The minimum atomic E-state index is -0.392. The van der Waals surface area contributed by atoms with Gasteiger partial charge in [0.15, 0.2) is 0 Å². The topological polar surface area (TPSA) is 55.9 Å². The molecule has 0 aliphatic carbocycles. The minimum absolute atomic E-state index is 0.0157. The van der Waals surface area contributed by atoms with Crippen LogP contribution in [0.4, 0.5) is 5.69 Å². The molecular formula is C28H41BN4O2P. The van der Waals surface area contributed by atoms with Gasteiger partial charge in [-0.25, -0.2) is 0 Å². The second kappa shape index (κ2) is 11.7. The van der Waals surface area contributed by atoms with Gasteiger partial charge in [-0.1, -0.05) is 13.4 Å². The van der Waals surface area contributed by atoms with Gasteiger partial charge < -0.3 is 20.0 Å². The molecule has 1 radical (unpaired) electrons. The Morgan fingerprint density at radius 3 is 2.47 bits per heavy atom. The Morgan fingerprint density at radius 1 is 1.06 bits per heavy atom. The number of hydrogen-bond acceptors (Lipinski definition) is 4. The predicted octanol–water partition coefficient (Wildman–Crippen LogP) is 4.10. The van der Waals surface area contributed by atoms with Crippen molar-refractivity contribution in [1.29, 1.82) is 0 Å². The summed E-state index contributed by atoms with van der Waals surface area (Å²) in [5.41, 5.74) is 3.78. The molecule has 5 rings (SSSR count). The highest BCUT2D eigenvalue weighted by atomic mass is 31.1. The number of amides is 2. The van der Waals surface area contributed by atoms with E-state index >= 15 is 0 Å². The first-order chi connectivity index (χ1) is 17.5. The maximum absolute atomic E-state index is 13.0. The number of benzene rings is 1. The second-order valence-corrected chi connectivity index (χ2v) is 12.6. The molecule has 3 saturated heterocycles. The zero-order valence-corrected chi connectivity index (χ0v) is 22.8. The van der Waals surface area contributed by atoms with Gasteiger partial charge in [-0.2, -0.15) is 8.46 Å². The number of fused-ring (bicyclic) bond motifs is 1. The van der Waals surface area contributed by atoms with Gasteiger partial charge in [-0.3, -0.25) is 9.59 Å². The van der Waals surface area contributed by atoms with Crippen LogP contribution in [-0.4, -0.2) is 73.5 Å². The molecular weight excluding hydrogens is 466 g/mol. The van der Waals surface area contributed by atoms with Crippen molar-refractivity contribution in [3.05, 3.63) is 41.6 Å². The van der Waals surface area contributed by atoms with Gasteiger partial charge in [-0.05, 0) is 99.8 Å². The van der Waals surface area contributed by atoms with Gasteiger partial charge in [0.2, 0.25) is 5.91 Å². The summed E-state index contributed by atoms with van der Waals surface area (Å²) in [4.78, 5) is 32.4. The molecule has 1 N–H and O–H groups in total. The molecule has 36 heavy (non-hydrogen) atoms. The molecule has 1 aromatic rings. The highest BCUT2D eigenvalue weighted by molar-refractivity contribution is 7.70. The first kappa shape index (κ1) is 25.8. The van der Waals surface area contributed by atoms with Crippen LogP contribution in [0.2, 0.25) is 6.82 Å². The Hall–Kier alpha value is -1.85. The summed E-state index contributed by atoms with van der Waals surface area (Å²) in [6.45, 7) is 14.9. The normalized spacial score (nSPS) is 24.6. The van der Waals surface area contributed by atoms with Crippen molar-refractivity contribution in [2.45, 2.75) is 64.4 Å². The van der Waals surface area contributed by atoms with Crippen molar-refractivity contribution >= 4 is 33.0 Å². The van der Waals surface area contributed by atoms with Crippen molar-refractivity contribution < 1.29 is 9.59 Å². The molecule has 1 unspecified atom stereocenters. The smallest absolute Gasteiger partial charge is 0.255 e. The number of carbonyl (C=O) groups excluding carboxylic acids is 2. The van der Waals surface area contributed by atoms with Gasteiger partial charge in [0.05, 0.1) is 0 Å². The third-order valence-electron chi connectivity index (χ3n) is 8.75. The number of nitrogens with one attached hydrogen (secondary N) is 1. The number of carbonyl (C=O) groups is 2. The van der Waals surface area contributed by atoms with Crippen LogP contribution >= 0.6 is 8.46 Å². The maximum atomic E-state index is 13.0. The van der Waals surface area contributed by atoms with Crippen molar-refractivity contribution in [3.8, 4) is 0 Å². The number of hydrogen-bond donors (Lipinski definition) is 1. The molecule has 2 amide bonds. The van der Waals surface area contributed by atoms with E-state index in [4.69, 9.17) is 0 Å². The third kappa shape index (κ3) is 5.83. The zero-order chi connectivity index (χ0) is 25.1. The maximum Gasteiger partial charge on any atom is 0.255 e. The Bertz CT molecular complexity index is 972. The lowest BCUT2D eigenvalue weighted by atomic mass is 9.82. The molecule has 193 valence electrons. The van der Waals surface area contributed by atoms with Crippen LogP contribution in [0.1, 0.15) is 60.9 Å². The highest BCUT2D eigenvalue weighted by Crippen LogP contribution is 2.34. The summed E-state index contributed by atoms with van der Waals surface area (Å²) < 4.78 is 0. The van der Waals surface area contributed by atoms with E-state index in [1.165, 1.54) is 63.6 Å². The van der Waals surface area contributed by atoms with Crippen LogP contribution in [0.5, 0.6) is 0 Å². The van der Waals surface area contributed by atoms with Crippen molar-refractivity contribution in [2.24, 2.45) is 11.8 Å². The molecule has 1 aromatic carbocycles. The molecule has 3 fully saturated rings. The summed E-state index contributed by atoms with van der Waals surface area (Å²) in [6.07, 6.45) is 9.40. The molecule has 0 saturated carbocycles. The molecule has 4 aliphatic heterocycles. The Kier molecular flexibility index (Phi) is 8.37. The standard InChI is InChI=1S/C28H41BN4O2P/c1-20-3-6-26(27(34)30-20)33-19-23-18-24(4-5-25(23)28(33)35)32-13-9-22(10-14-32)17-21-7-11-31(12-8-21)15-16-36-29-2/h4-5,18,21-22,26,36H,1,3,6-17,19H2,2H3,(H,30,34)/t26-/m0/s1.